The minimum Gasteiger partial charge on any atom is -0.871 e. The third kappa shape index (κ3) is 1.54. The van der Waals surface area contributed by atoms with E-state index in [1.165, 1.54) is 6.39 Å². The van der Waals surface area contributed by atoms with Gasteiger partial charge >= 0.3 is 0 Å². The number of aryl methyl sites for hydroxylation is 1. The Morgan fingerprint density at radius 1 is 1.46 bits per heavy atom. The number of alkyl halides is 1. The van der Waals surface area contributed by atoms with E-state index in [1.807, 2.05) is 6.07 Å². The lowest BCUT2D eigenvalue weighted by atomic mass is 10.1. The van der Waals surface area contributed by atoms with Crippen LogP contribution in [0.15, 0.2) is 22.9 Å². The minimum atomic E-state index is -0.0674. The molecule has 0 fully saturated rings. The lowest BCUT2D eigenvalue weighted by Crippen LogP contribution is -1.94. The fraction of sp³-hybridized carbons (Fsp3) is 0.222. The largest absolute Gasteiger partial charge is 0.871 e. The molecule has 0 saturated heterocycles. The molecule has 0 aliphatic carbocycles. The predicted molar refractivity (Wildman–Crippen MR) is 51.0 cm³/mol. The van der Waals surface area contributed by atoms with E-state index in [0.717, 1.165) is 17.3 Å². The second kappa shape index (κ2) is 3.38. The molecule has 0 unspecified atom stereocenters. The second-order valence-corrected chi connectivity index (χ2v) is 3.53. The van der Waals surface area contributed by atoms with E-state index >= 15 is 0 Å². The highest BCUT2D eigenvalue weighted by molar-refractivity contribution is 9.09. The summed E-state index contributed by atoms with van der Waals surface area (Å²) in [5.41, 5.74) is 1.97. The van der Waals surface area contributed by atoms with Crippen LogP contribution in [0.3, 0.4) is 0 Å². The monoisotopic (exact) mass is 240 g/mol. The van der Waals surface area contributed by atoms with Gasteiger partial charge in [-0.1, -0.05) is 27.7 Å². The Morgan fingerprint density at radius 3 is 3.08 bits per heavy atom. The first-order valence-electron chi connectivity index (χ1n) is 3.90. The van der Waals surface area contributed by atoms with E-state index in [1.54, 1.807) is 6.07 Å². The first kappa shape index (κ1) is 8.56. The van der Waals surface area contributed by atoms with Gasteiger partial charge in [-0.05, 0) is 18.1 Å². The molecule has 0 saturated carbocycles. The Morgan fingerprint density at radius 2 is 2.31 bits per heavy atom. The van der Waals surface area contributed by atoms with Gasteiger partial charge in [0, 0.05) is 5.33 Å². The van der Waals surface area contributed by atoms with E-state index in [-0.39, 0.29) is 5.75 Å². The number of rotatable bonds is 2. The van der Waals surface area contributed by atoms with Gasteiger partial charge in [0.15, 0.2) is 12.0 Å². The molecule has 1 aromatic heterocycles. The van der Waals surface area contributed by atoms with Gasteiger partial charge in [-0.3, -0.25) is 0 Å². The summed E-state index contributed by atoms with van der Waals surface area (Å²) in [5.74, 6) is -0.0674. The Balaban J connectivity index is 2.56. The first-order valence-corrected chi connectivity index (χ1v) is 5.02. The van der Waals surface area contributed by atoms with Gasteiger partial charge in [0.2, 0.25) is 0 Å². The zero-order valence-electron chi connectivity index (χ0n) is 6.79. The van der Waals surface area contributed by atoms with Gasteiger partial charge in [0.1, 0.15) is 5.52 Å². The molecule has 2 aromatic rings. The molecule has 13 heavy (non-hydrogen) atoms. The summed E-state index contributed by atoms with van der Waals surface area (Å²) in [6.07, 6.45) is 2.12. The van der Waals surface area contributed by atoms with Crippen LogP contribution in [0.4, 0.5) is 0 Å². The van der Waals surface area contributed by atoms with Gasteiger partial charge in [0.25, 0.3) is 0 Å². The normalized spacial score (nSPS) is 10.8. The molecule has 0 spiro atoms. The lowest BCUT2D eigenvalue weighted by molar-refractivity contribution is -0.266. The van der Waals surface area contributed by atoms with Crippen molar-refractivity contribution in [3.05, 3.63) is 24.1 Å². The maximum atomic E-state index is 11.4. The van der Waals surface area contributed by atoms with Crippen LogP contribution in [0, 0.1) is 0 Å². The molecule has 0 bridgehead atoms. The highest BCUT2D eigenvalue weighted by Gasteiger charge is 2.01. The zero-order chi connectivity index (χ0) is 9.26. The molecular formula is C9H7BrNO2-. The van der Waals surface area contributed by atoms with Gasteiger partial charge in [-0.2, -0.15) is 0 Å². The van der Waals surface area contributed by atoms with Crippen LogP contribution >= 0.6 is 15.9 Å². The van der Waals surface area contributed by atoms with Crippen molar-refractivity contribution in [1.29, 1.82) is 0 Å². The molecule has 2 rings (SSSR count). The summed E-state index contributed by atoms with van der Waals surface area (Å²) in [6, 6.07) is 3.46. The molecule has 0 atom stereocenters. The molecule has 0 amide bonds. The van der Waals surface area contributed by atoms with Crippen molar-refractivity contribution in [3.8, 4) is 5.75 Å². The molecule has 0 aliphatic heterocycles. The summed E-state index contributed by atoms with van der Waals surface area (Å²) in [5, 5.41) is 12.2. The van der Waals surface area contributed by atoms with Crippen molar-refractivity contribution in [2.24, 2.45) is 0 Å². The van der Waals surface area contributed by atoms with E-state index in [0.29, 0.717) is 11.1 Å². The Hall–Kier alpha value is -1.03. The third-order valence-electron chi connectivity index (χ3n) is 1.84. The van der Waals surface area contributed by atoms with E-state index in [4.69, 9.17) is 4.42 Å². The molecule has 0 aliphatic rings. The molecule has 3 nitrogen and oxygen atoms in total. The van der Waals surface area contributed by atoms with Gasteiger partial charge in [-0.25, -0.2) is 4.98 Å². The second-order valence-electron chi connectivity index (χ2n) is 2.73. The molecule has 1 aromatic carbocycles. The number of benzene rings is 1. The standard InChI is InChI=1S/C9H8BrNO2/c10-2-1-6-3-7(12)9-8(4-6)13-5-11-9/h3-5,12H,1-2H2/p-1. The SMILES string of the molecule is [O-]c1cc(CCBr)cc2ocnc12. The topological polar surface area (TPSA) is 49.1 Å². The van der Waals surface area contributed by atoms with Crippen molar-refractivity contribution in [1.82, 2.24) is 4.98 Å². The summed E-state index contributed by atoms with van der Waals surface area (Å²) in [6.45, 7) is 0. The molecule has 1 heterocycles. The number of fused-ring (bicyclic) bond motifs is 1. The highest BCUT2D eigenvalue weighted by atomic mass is 79.9. The van der Waals surface area contributed by atoms with Gasteiger partial charge in [0.05, 0.1) is 0 Å². The summed E-state index contributed by atoms with van der Waals surface area (Å²) in [7, 11) is 0. The number of halogens is 1. The Labute approximate surface area is 83.5 Å². The predicted octanol–water partition coefficient (Wildman–Crippen LogP) is 1.84. The maximum Gasteiger partial charge on any atom is 0.181 e. The minimum absolute atomic E-state index is 0.0674. The molecule has 4 heteroatoms. The van der Waals surface area contributed by atoms with Crippen molar-refractivity contribution in [2.75, 3.05) is 5.33 Å². The fourth-order valence-electron chi connectivity index (χ4n) is 1.24. The fourth-order valence-corrected chi connectivity index (χ4v) is 1.70. The molecular weight excluding hydrogens is 234 g/mol. The van der Waals surface area contributed by atoms with Crippen LogP contribution in [0.5, 0.6) is 5.75 Å². The molecule has 68 valence electrons. The number of aromatic nitrogens is 1. The van der Waals surface area contributed by atoms with E-state index in [2.05, 4.69) is 20.9 Å². The summed E-state index contributed by atoms with van der Waals surface area (Å²) >= 11 is 3.32. The molecule has 0 radical (unpaired) electrons. The third-order valence-corrected chi connectivity index (χ3v) is 2.24. The van der Waals surface area contributed by atoms with Crippen molar-refractivity contribution < 1.29 is 9.52 Å². The average Bonchev–Trinajstić information content (AvgIpc) is 2.53. The van der Waals surface area contributed by atoms with Crippen molar-refractivity contribution >= 4 is 27.0 Å². The van der Waals surface area contributed by atoms with Crippen molar-refractivity contribution in [3.63, 3.8) is 0 Å². The number of oxazole rings is 1. The van der Waals surface area contributed by atoms with E-state index in [9.17, 15) is 5.11 Å². The van der Waals surface area contributed by atoms with Crippen LogP contribution in [-0.2, 0) is 6.42 Å². The zero-order valence-corrected chi connectivity index (χ0v) is 8.37. The maximum absolute atomic E-state index is 11.4. The van der Waals surface area contributed by atoms with Crippen LogP contribution < -0.4 is 5.11 Å². The Kier molecular flexibility index (Phi) is 2.22. The van der Waals surface area contributed by atoms with Crippen molar-refractivity contribution in [2.45, 2.75) is 6.42 Å². The van der Waals surface area contributed by atoms with Crippen LogP contribution in [-0.4, -0.2) is 10.3 Å². The summed E-state index contributed by atoms with van der Waals surface area (Å²) in [4.78, 5) is 3.83. The van der Waals surface area contributed by atoms with Crippen LogP contribution in [0.1, 0.15) is 5.56 Å². The number of nitrogens with zero attached hydrogens (tertiary/aromatic N) is 1. The number of hydrogen-bond acceptors (Lipinski definition) is 3. The first-order chi connectivity index (χ1) is 6.31. The molecule has 0 N–H and O–H groups in total. The number of hydrogen-bond donors (Lipinski definition) is 0. The average molecular weight is 241 g/mol. The van der Waals surface area contributed by atoms with Gasteiger partial charge < -0.3 is 9.52 Å². The Bertz CT molecular complexity index is 424. The smallest absolute Gasteiger partial charge is 0.181 e. The summed E-state index contributed by atoms with van der Waals surface area (Å²) < 4.78 is 5.06. The lowest BCUT2D eigenvalue weighted by Gasteiger charge is -2.07. The highest BCUT2D eigenvalue weighted by Crippen LogP contribution is 2.23. The van der Waals surface area contributed by atoms with Crippen LogP contribution in [0.25, 0.3) is 11.1 Å². The van der Waals surface area contributed by atoms with E-state index < -0.39 is 0 Å². The van der Waals surface area contributed by atoms with Crippen LogP contribution in [0.2, 0.25) is 0 Å². The quantitative estimate of drug-likeness (QED) is 0.753. The van der Waals surface area contributed by atoms with Gasteiger partial charge in [-0.15, -0.1) is 0 Å².